The van der Waals surface area contributed by atoms with Crippen LogP contribution in [0.3, 0.4) is 0 Å². The maximum Gasteiger partial charge on any atom is 0.243 e. The Morgan fingerprint density at radius 3 is 2.14 bits per heavy atom. The summed E-state index contributed by atoms with van der Waals surface area (Å²) in [7, 11) is -3.54. The van der Waals surface area contributed by atoms with E-state index in [-0.39, 0.29) is 49.6 Å². The fourth-order valence-electron chi connectivity index (χ4n) is 3.80. The fraction of sp³-hybridized carbons (Fsp3) is 0.462. The van der Waals surface area contributed by atoms with Gasteiger partial charge in [-0.15, -0.1) is 0 Å². The lowest BCUT2D eigenvalue weighted by molar-refractivity contribution is -0.141. The van der Waals surface area contributed by atoms with Gasteiger partial charge in [0.25, 0.3) is 0 Å². The summed E-state index contributed by atoms with van der Waals surface area (Å²) in [6.07, 6.45) is 1.88. The molecular weight excluding hydrogens is 469 g/mol. The average molecular weight is 506 g/mol. The van der Waals surface area contributed by atoms with Gasteiger partial charge in [0.1, 0.15) is 11.9 Å². The molecule has 0 aliphatic rings. The van der Waals surface area contributed by atoms with E-state index in [1.807, 2.05) is 39.8 Å². The Labute approximate surface area is 208 Å². The standard InChI is InChI=1S/C26H36FN3O4S/c1-6-24(26(32)28-19(2)3)29(18-21-11-13-22(27)14-12-21)25(31)8-7-17-30(35(5,33)34)23-15-9-20(4)10-16-23/h9-16,19,24H,6-8,17-18H2,1-5H3,(H,28,32)/t24-/m0/s1. The summed E-state index contributed by atoms with van der Waals surface area (Å²) in [6.45, 7) is 7.73. The molecule has 0 unspecified atom stereocenters. The Hall–Kier alpha value is -2.94. The van der Waals surface area contributed by atoms with Gasteiger partial charge >= 0.3 is 0 Å². The van der Waals surface area contributed by atoms with E-state index in [4.69, 9.17) is 0 Å². The molecule has 1 atom stereocenters. The molecule has 0 fully saturated rings. The summed E-state index contributed by atoms with van der Waals surface area (Å²) in [4.78, 5) is 27.7. The summed E-state index contributed by atoms with van der Waals surface area (Å²) in [5, 5.41) is 2.86. The SMILES string of the molecule is CC[C@@H](C(=O)NC(C)C)N(Cc1ccc(F)cc1)C(=O)CCCN(c1ccc(C)cc1)S(C)(=O)=O. The molecule has 2 aromatic carbocycles. The zero-order chi connectivity index (χ0) is 26.2. The number of carbonyl (C=O) groups excluding carboxylic acids is 2. The van der Waals surface area contributed by atoms with Crippen LogP contribution in [-0.2, 0) is 26.2 Å². The number of carbonyl (C=O) groups is 2. The maximum atomic E-state index is 13.4. The second kappa shape index (κ2) is 12.7. The van der Waals surface area contributed by atoms with Crippen LogP contribution >= 0.6 is 0 Å². The van der Waals surface area contributed by atoms with E-state index in [9.17, 15) is 22.4 Å². The van der Waals surface area contributed by atoms with Crippen molar-refractivity contribution in [1.29, 1.82) is 0 Å². The van der Waals surface area contributed by atoms with Gasteiger partial charge in [-0.2, -0.15) is 0 Å². The van der Waals surface area contributed by atoms with Crippen LogP contribution in [0.5, 0.6) is 0 Å². The van der Waals surface area contributed by atoms with Gasteiger partial charge in [0.05, 0.1) is 11.9 Å². The van der Waals surface area contributed by atoms with E-state index < -0.39 is 16.1 Å². The molecule has 0 spiro atoms. The van der Waals surface area contributed by atoms with Crippen molar-refractivity contribution in [1.82, 2.24) is 10.2 Å². The summed E-state index contributed by atoms with van der Waals surface area (Å²) in [5.74, 6) is -0.902. The third kappa shape index (κ3) is 8.65. The van der Waals surface area contributed by atoms with E-state index in [2.05, 4.69) is 5.32 Å². The number of amides is 2. The van der Waals surface area contributed by atoms with Crippen LogP contribution in [0.4, 0.5) is 10.1 Å². The van der Waals surface area contributed by atoms with Gasteiger partial charge in [-0.3, -0.25) is 13.9 Å². The van der Waals surface area contributed by atoms with E-state index in [1.165, 1.54) is 21.3 Å². The normalized spacial score (nSPS) is 12.3. The van der Waals surface area contributed by atoms with Gasteiger partial charge in [-0.1, -0.05) is 36.8 Å². The quantitative estimate of drug-likeness (QED) is 0.472. The molecule has 0 heterocycles. The van der Waals surface area contributed by atoms with Gasteiger partial charge in [0, 0.05) is 25.6 Å². The number of aryl methyl sites for hydroxylation is 1. The van der Waals surface area contributed by atoms with Gasteiger partial charge < -0.3 is 10.2 Å². The zero-order valence-corrected chi connectivity index (χ0v) is 21.9. The van der Waals surface area contributed by atoms with Crippen LogP contribution in [0.2, 0.25) is 0 Å². The first-order chi connectivity index (χ1) is 16.4. The summed E-state index contributed by atoms with van der Waals surface area (Å²) in [6, 6.07) is 12.2. The van der Waals surface area contributed by atoms with Gasteiger partial charge in [-0.05, 0) is 63.4 Å². The molecule has 2 aromatic rings. The monoisotopic (exact) mass is 505 g/mol. The van der Waals surface area contributed by atoms with Crippen LogP contribution in [0, 0.1) is 12.7 Å². The minimum atomic E-state index is -3.54. The van der Waals surface area contributed by atoms with Crippen LogP contribution in [-0.4, -0.2) is 50.0 Å². The predicted molar refractivity (Wildman–Crippen MR) is 137 cm³/mol. The average Bonchev–Trinajstić information content (AvgIpc) is 2.77. The molecule has 2 amide bonds. The summed E-state index contributed by atoms with van der Waals surface area (Å²) < 4.78 is 39.4. The molecule has 0 aliphatic heterocycles. The Bertz CT molecular complexity index is 1090. The third-order valence-corrected chi connectivity index (χ3v) is 6.75. The molecule has 1 N–H and O–H groups in total. The highest BCUT2D eigenvalue weighted by Crippen LogP contribution is 2.20. The number of hydrogen-bond donors (Lipinski definition) is 1. The number of rotatable bonds is 12. The minimum absolute atomic E-state index is 0.0601. The molecular formula is C26H36FN3O4S. The lowest BCUT2D eigenvalue weighted by atomic mass is 10.1. The molecule has 9 heteroatoms. The van der Waals surface area contributed by atoms with Crippen molar-refractivity contribution in [2.45, 2.75) is 65.6 Å². The Balaban J connectivity index is 2.20. The smallest absolute Gasteiger partial charge is 0.243 e. The van der Waals surface area contributed by atoms with Crippen molar-refractivity contribution in [2.75, 3.05) is 17.1 Å². The first-order valence-electron chi connectivity index (χ1n) is 11.8. The molecule has 192 valence electrons. The lowest BCUT2D eigenvalue weighted by Crippen LogP contribution is -2.50. The van der Waals surface area contributed by atoms with E-state index in [1.54, 1.807) is 24.3 Å². The number of nitrogens with zero attached hydrogens (tertiary/aromatic N) is 2. The van der Waals surface area contributed by atoms with E-state index in [0.29, 0.717) is 17.7 Å². The van der Waals surface area contributed by atoms with Crippen molar-refractivity contribution in [3.8, 4) is 0 Å². The molecule has 0 aliphatic carbocycles. The predicted octanol–water partition coefficient (Wildman–Crippen LogP) is 4.01. The Morgan fingerprint density at radius 2 is 1.63 bits per heavy atom. The minimum Gasteiger partial charge on any atom is -0.352 e. The molecule has 0 bridgehead atoms. The van der Waals surface area contributed by atoms with E-state index in [0.717, 1.165) is 11.8 Å². The highest BCUT2D eigenvalue weighted by Gasteiger charge is 2.29. The molecule has 0 saturated carbocycles. The van der Waals surface area contributed by atoms with Crippen LogP contribution in [0.25, 0.3) is 0 Å². The number of nitrogens with one attached hydrogen (secondary N) is 1. The topological polar surface area (TPSA) is 86.8 Å². The summed E-state index contributed by atoms with van der Waals surface area (Å²) >= 11 is 0. The first kappa shape index (κ1) is 28.3. The van der Waals surface area contributed by atoms with Crippen molar-refractivity contribution in [3.63, 3.8) is 0 Å². The maximum absolute atomic E-state index is 13.4. The van der Waals surface area contributed by atoms with Crippen LogP contribution in [0.1, 0.15) is 51.2 Å². The number of halogens is 1. The Kier molecular flexibility index (Phi) is 10.2. The van der Waals surface area contributed by atoms with Crippen molar-refractivity contribution in [2.24, 2.45) is 0 Å². The number of sulfonamides is 1. The molecule has 0 radical (unpaired) electrons. The number of hydrogen-bond acceptors (Lipinski definition) is 4. The number of benzene rings is 2. The molecule has 0 saturated heterocycles. The van der Waals surface area contributed by atoms with Crippen LogP contribution < -0.4 is 9.62 Å². The van der Waals surface area contributed by atoms with Crippen molar-refractivity contribution in [3.05, 3.63) is 65.5 Å². The first-order valence-corrected chi connectivity index (χ1v) is 13.7. The summed E-state index contributed by atoms with van der Waals surface area (Å²) in [5.41, 5.74) is 2.25. The Morgan fingerprint density at radius 1 is 1.03 bits per heavy atom. The van der Waals surface area contributed by atoms with Gasteiger partial charge in [0.2, 0.25) is 21.8 Å². The lowest BCUT2D eigenvalue weighted by Gasteiger charge is -2.31. The van der Waals surface area contributed by atoms with E-state index >= 15 is 0 Å². The highest BCUT2D eigenvalue weighted by molar-refractivity contribution is 7.92. The largest absolute Gasteiger partial charge is 0.352 e. The molecule has 0 aromatic heterocycles. The molecule has 7 nitrogen and oxygen atoms in total. The van der Waals surface area contributed by atoms with Gasteiger partial charge in [0.15, 0.2) is 0 Å². The second-order valence-corrected chi connectivity index (χ2v) is 10.9. The second-order valence-electron chi connectivity index (χ2n) is 9.01. The molecule has 2 rings (SSSR count). The highest BCUT2D eigenvalue weighted by atomic mass is 32.2. The van der Waals surface area contributed by atoms with Crippen molar-refractivity contribution < 1.29 is 22.4 Å². The molecule has 35 heavy (non-hydrogen) atoms. The zero-order valence-electron chi connectivity index (χ0n) is 21.1. The van der Waals surface area contributed by atoms with Crippen molar-refractivity contribution >= 4 is 27.5 Å². The van der Waals surface area contributed by atoms with Gasteiger partial charge in [-0.25, -0.2) is 12.8 Å². The number of anilines is 1. The fourth-order valence-corrected chi connectivity index (χ4v) is 4.77. The van der Waals surface area contributed by atoms with Crippen LogP contribution in [0.15, 0.2) is 48.5 Å². The third-order valence-electron chi connectivity index (χ3n) is 5.56.